The van der Waals surface area contributed by atoms with Gasteiger partial charge in [-0.2, -0.15) is 0 Å². The Kier molecular flexibility index (Phi) is 8.06. The number of anilines is 2. The molecule has 0 spiro atoms. The lowest BCUT2D eigenvalue weighted by atomic mass is 10.1. The van der Waals surface area contributed by atoms with E-state index in [2.05, 4.69) is 10.6 Å². The molecule has 0 atom stereocenters. The van der Waals surface area contributed by atoms with Crippen LogP contribution in [0.4, 0.5) is 16.2 Å². The van der Waals surface area contributed by atoms with Crippen LogP contribution in [-0.4, -0.2) is 30.4 Å². The summed E-state index contributed by atoms with van der Waals surface area (Å²) in [6, 6.07) is 13.4. The molecule has 1 aliphatic heterocycles. The Morgan fingerprint density at radius 3 is 2.26 bits per heavy atom. The van der Waals surface area contributed by atoms with Gasteiger partial charge in [-0.1, -0.05) is 53.0 Å². The number of aryl methyl sites for hydroxylation is 2. The second kappa shape index (κ2) is 11.3. The number of urea groups is 1. The highest BCUT2D eigenvalue weighted by atomic mass is 35.5. The zero-order valence-corrected chi connectivity index (χ0v) is 22.4. The molecule has 0 saturated carbocycles. The number of ether oxygens (including phenoxy) is 1. The molecule has 1 heterocycles. The lowest BCUT2D eigenvalue weighted by molar-refractivity contribution is -0.122. The van der Waals surface area contributed by atoms with Gasteiger partial charge in [0.1, 0.15) is 11.3 Å². The SMILES string of the molecule is Cc1ccc(NC(=O)COc2ccc(/C=C3\C(=O)NC(=O)N(c4ccc(C)c(Cl)c4)C3=O)cc2Cl)cc1Cl. The fourth-order valence-electron chi connectivity index (χ4n) is 3.51. The smallest absolute Gasteiger partial charge is 0.335 e. The lowest BCUT2D eigenvalue weighted by Crippen LogP contribution is -2.54. The van der Waals surface area contributed by atoms with Crippen LogP contribution >= 0.6 is 34.8 Å². The van der Waals surface area contributed by atoms with Crippen LogP contribution in [0.25, 0.3) is 6.08 Å². The van der Waals surface area contributed by atoms with E-state index in [4.69, 9.17) is 39.5 Å². The number of nitrogens with zero attached hydrogens (tertiary/aromatic N) is 1. The van der Waals surface area contributed by atoms with Crippen molar-refractivity contribution in [2.75, 3.05) is 16.8 Å². The molecular weight excluding hydrogens is 553 g/mol. The van der Waals surface area contributed by atoms with Gasteiger partial charge in [-0.15, -0.1) is 0 Å². The maximum atomic E-state index is 13.1. The van der Waals surface area contributed by atoms with Gasteiger partial charge in [0.25, 0.3) is 17.7 Å². The predicted molar refractivity (Wildman–Crippen MR) is 147 cm³/mol. The number of carbonyl (C=O) groups excluding carboxylic acids is 4. The second-order valence-corrected chi connectivity index (χ2v) is 9.60. The second-order valence-electron chi connectivity index (χ2n) is 8.38. The maximum absolute atomic E-state index is 13.1. The Hall–Kier alpha value is -3.85. The Morgan fingerprint density at radius 2 is 1.61 bits per heavy atom. The predicted octanol–water partition coefficient (Wildman–Crippen LogP) is 5.95. The summed E-state index contributed by atoms with van der Waals surface area (Å²) < 4.78 is 5.51. The van der Waals surface area contributed by atoms with Crippen molar-refractivity contribution in [1.29, 1.82) is 0 Å². The molecular formula is C27H20Cl3N3O5. The topological polar surface area (TPSA) is 105 Å². The molecule has 3 aromatic carbocycles. The highest BCUT2D eigenvalue weighted by molar-refractivity contribution is 6.39. The molecule has 8 nitrogen and oxygen atoms in total. The summed E-state index contributed by atoms with van der Waals surface area (Å²) in [5, 5.41) is 5.87. The van der Waals surface area contributed by atoms with Crippen LogP contribution in [0, 0.1) is 13.8 Å². The molecule has 0 aromatic heterocycles. The van der Waals surface area contributed by atoms with E-state index in [0.29, 0.717) is 21.3 Å². The summed E-state index contributed by atoms with van der Waals surface area (Å²) in [6.45, 7) is 3.32. The van der Waals surface area contributed by atoms with Crippen molar-refractivity contribution >= 4 is 76.0 Å². The fourth-order valence-corrected chi connectivity index (χ4v) is 4.11. The van der Waals surface area contributed by atoms with Crippen molar-refractivity contribution in [3.05, 3.63) is 91.9 Å². The van der Waals surface area contributed by atoms with Gasteiger partial charge in [0, 0.05) is 15.7 Å². The van der Waals surface area contributed by atoms with E-state index in [0.717, 1.165) is 16.0 Å². The molecule has 194 valence electrons. The Bertz CT molecular complexity index is 1520. The lowest BCUT2D eigenvalue weighted by Gasteiger charge is -2.26. The summed E-state index contributed by atoms with van der Waals surface area (Å²) in [5.74, 6) is -1.86. The summed E-state index contributed by atoms with van der Waals surface area (Å²) in [7, 11) is 0. The molecule has 0 aliphatic carbocycles. The third-order valence-corrected chi connectivity index (χ3v) is 6.71. The van der Waals surface area contributed by atoms with Crippen LogP contribution in [0.3, 0.4) is 0 Å². The molecule has 1 aliphatic rings. The Balaban J connectivity index is 1.48. The zero-order chi connectivity index (χ0) is 27.6. The third kappa shape index (κ3) is 5.99. The van der Waals surface area contributed by atoms with E-state index in [9.17, 15) is 19.2 Å². The standard InChI is InChI=1S/C27H20Cl3N3O5/c1-14-3-6-17(11-20(14)28)31-24(34)13-38-23-8-5-16(10-22(23)30)9-19-25(35)32-27(37)33(26(19)36)18-7-4-15(2)21(29)12-18/h3-12H,13H2,1-2H3,(H,31,34)(H,32,35,37)/b19-9+. The quantitative estimate of drug-likeness (QED) is 0.281. The number of nitrogens with one attached hydrogen (secondary N) is 2. The zero-order valence-electron chi connectivity index (χ0n) is 20.1. The van der Waals surface area contributed by atoms with Crippen LogP contribution in [0.5, 0.6) is 5.75 Å². The minimum atomic E-state index is -0.884. The van der Waals surface area contributed by atoms with Gasteiger partial charge in [0.15, 0.2) is 6.61 Å². The molecule has 11 heteroatoms. The average Bonchev–Trinajstić information content (AvgIpc) is 2.85. The molecule has 38 heavy (non-hydrogen) atoms. The fraction of sp³-hybridized carbons (Fsp3) is 0.111. The van der Waals surface area contributed by atoms with E-state index in [1.165, 1.54) is 24.3 Å². The molecule has 1 fully saturated rings. The first-order valence-electron chi connectivity index (χ1n) is 11.2. The van der Waals surface area contributed by atoms with Crippen molar-refractivity contribution in [3.8, 4) is 5.75 Å². The van der Waals surface area contributed by atoms with Gasteiger partial charge in [-0.25, -0.2) is 9.69 Å². The van der Waals surface area contributed by atoms with Crippen LogP contribution in [0.2, 0.25) is 15.1 Å². The number of imide groups is 2. The van der Waals surface area contributed by atoms with Crippen molar-refractivity contribution < 1.29 is 23.9 Å². The van der Waals surface area contributed by atoms with Crippen LogP contribution in [0.1, 0.15) is 16.7 Å². The number of halogens is 3. The molecule has 1 saturated heterocycles. The van der Waals surface area contributed by atoms with Gasteiger partial charge in [-0.05, 0) is 73.0 Å². The van der Waals surface area contributed by atoms with Crippen LogP contribution < -0.4 is 20.3 Å². The van der Waals surface area contributed by atoms with E-state index >= 15 is 0 Å². The van der Waals surface area contributed by atoms with Gasteiger partial charge < -0.3 is 10.1 Å². The molecule has 3 aromatic rings. The number of amides is 5. The number of hydrogen-bond acceptors (Lipinski definition) is 5. The monoisotopic (exact) mass is 571 g/mol. The highest BCUT2D eigenvalue weighted by Crippen LogP contribution is 2.29. The number of carbonyl (C=O) groups is 4. The van der Waals surface area contributed by atoms with Gasteiger partial charge in [0.2, 0.25) is 0 Å². The van der Waals surface area contributed by atoms with Crippen molar-refractivity contribution in [2.24, 2.45) is 0 Å². The summed E-state index contributed by atoms with van der Waals surface area (Å²) in [6.07, 6.45) is 1.30. The third-order valence-electron chi connectivity index (χ3n) is 5.60. The van der Waals surface area contributed by atoms with Gasteiger partial charge >= 0.3 is 6.03 Å². The first-order chi connectivity index (χ1) is 18.0. The van der Waals surface area contributed by atoms with E-state index in [1.807, 2.05) is 6.92 Å². The minimum Gasteiger partial charge on any atom is -0.482 e. The molecule has 2 N–H and O–H groups in total. The van der Waals surface area contributed by atoms with E-state index in [-0.39, 0.29) is 28.6 Å². The maximum Gasteiger partial charge on any atom is 0.335 e. The summed E-state index contributed by atoms with van der Waals surface area (Å²) >= 11 is 18.5. The van der Waals surface area contributed by atoms with E-state index < -0.39 is 23.8 Å². The van der Waals surface area contributed by atoms with Crippen molar-refractivity contribution in [3.63, 3.8) is 0 Å². The van der Waals surface area contributed by atoms with Crippen molar-refractivity contribution in [1.82, 2.24) is 5.32 Å². The van der Waals surface area contributed by atoms with E-state index in [1.54, 1.807) is 43.3 Å². The number of hydrogen-bond donors (Lipinski definition) is 2. The number of benzene rings is 3. The average molecular weight is 573 g/mol. The number of barbiturate groups is 1. The van der Waals surface area contributed by atoms with Crippen molar-refractivity contribution in [2.45, 2.75) is 13.8 Å². The normalized spacial score (nSPS) is 14.5. The highest BCUT2D eigenvalue weighted by Gasteiger charge is 2.37. The van der Waals surface area contributed by atoms with Gasteiger partial charge in [-0.3, -0.25) is 19.7 Å². The Morgan fingerprint density at radius 1 is 0.921 bits per heavy atom. The van der Waals surface area contributed by atoms with Gasteiger partial charge in [0.05, 0.1) is 10.7 Å². The molecule has 5 amide bonds. The van der Waals surface area contributed by atoms with Crippen LogP contribution in [-0.2, 0) is 14.4 Å². The largest absolute Gasteiger partial charge is 0.482 e. The summed E-state index contributed by atoms with van der Waals surface area (Å²) in [4.78, 5) is 51.0. The summed E-state index contributed by atoms with van der Waals surface area (Å²) in [5.41, 5.74) is 2.51. The molecule has 4 rings (SSSR count). The van der Waals surface area contributed by atoms with Crippen LogP contribution in [0.15, 0.2) is 60.2 Å². The first-order valence-corrected chi connectivity index (χ1v) is 12.3. The number of rotatable bonds is 6. The minimum absolute atomic E-state index is 0.146. The molecule has 0 radical (unpaired) electrons. The molecule has 0 unspecified atom stereocenters. The Labute approximate surface area is 233 Å². The molecule has 0 bridgehead atoms. The first kappa shape index (κ1) is 27.2.